The summed E-state index contributed by atoms with van der Waals surface area (Å²) >= 11 is 0. The van der Waals surface area contributed by atoms with Crippen molar-refractivity contribution < 1.29 is 28.4 Å². The molecule has 0 saturated carbocycles. The van der Waals surface area contributed by atoms with Crippen molar-refractivity contribution in [3.05, 3.63) is 29.8 Å². The number of hydrogen-bond acceptors (Lipinski definition) is 7. The summed E-state index contributed by atoms with van der Waals surface area (Å²) in [6.07, 6.45) is 0.886. The third kappa shape index (κ3) is 15.8. The second-order valence-electron chi connectivity index (χ2n) is 5.47. The van der Waals surface area contributed by atoms with Gasteiger partial charge in [0.1, 0.15) is 12.4 Å². The van der Waals surface area contributed by atoms with E-state index in [2.05, 4.69) is 0 Å². The Morgan fingerprint density at radius 1 is 0.667 bits per heavy atom. The van der Waals surface area contributed by atoms with Crippen LogP contribution in [0.4, 0.5) is 0 Å². The minimum absolute atomic E-state index is 0. The highest BCUT2D eigenvalue weighted by Gasteiger charge is 1.96. The van der Waals surface area contributed by atoms with E-state index in [1.54, 1.807) is 7.11 Å². The molecule has 0 aliphatic carbocycles. The molecule has 0 aliphatic rings. The van der Waals surface area contributed by atoms with E-state index in [4.69, 9.17) is 34.2 Å². The summed E-state index contributed by atoms with van der Waals surface area (Å²) in [5, 5.41) is 0. The van der Waals surface area contributed by atoms with E-state index in [0.717, 1.165) is 12.2 Å². The second kappa shape index (κ2) is 19.8. The Labute approximate surface area is 168 Å². The Bertz CT molecular complexity index is 421. The highest BCUT2D eigenvalue weighted by atomic mass is 35.5. The molecule has 2 N–H and O–H groups in total. The molecule has 1 aromatic rings. The van der Waals surface area contributed by atoms with Gasteiger partial charge in [0.05, 0.1) is 59.5 Å². The zero-order valence-electron chi connectivity index (χ0n) is 16.2. The fraction of sp³-hybridized carbons (Fsp3) is 0.684. The van der Waals surface area contributed by atoms with Crippen molar-refractivity contribution in [1.82, 2.24) is 0 Å². The minimum atomic E-state index is 0. The van der Waals surface area contributed by atoms with Gasteiger partial charge in [-0.25, -0.2) is 0 Å². The number of nitrogens with two attached hydrogens (primary N) is 1. The van der Waals surface area contributed by atoms with Crippen LogP contribution in [0.15, 0.2) is 24.3 Å². The maximum absolute atomic E-state index is 5.61. The zero-order valence-corrected chi connectivity index (χ0v) is 17.0. The summed E-state index contributed by atoms with van der Waals surface area (Å²) in [6, 6.07) is 7.98. The molecule has 1 aromatic carbocycles. The van der Waals surface area contributed by atoms with E-state index >= 15 is 0 Å². The number of halogens is 1. The third-order valence-electron chi connectivity index (χ3n) is 3.40. The van der Waals surface area contributed by atoms with Crippen LogP contribution in [-0.4, -0.2) is 79.7 Å². The zero-order chi connectivity index (χ0) is 18.7. The molecular formula is C19H34ClNO6. The van der Waals surface area contributed by atoms with Crippen molar-refractivity contribution in [2.75, 3.05) is 79.7 Å². The van der Waals surface area contributed by atoms with Crippen LogP contribution in [0.3, 0.4) is 0 Å². The van der Waals surface area contributed by atoms with Crippen LogP contribution < -0.4 is 10.5 Å². The molecule has 0 unspecified atom stereocenters. The SMILES string of the molecule is COCCOCCOCCOCCOCCOc1ccc(CCN)cc1.Cl. The maximum atomic E-state index is 5.61. The van der Waals surface area contributed by atoms with Crippen LogP contribution in [0.2, 0.25) is 0 Å². The van der Waals surface area contributed by atoms with Gasteiger partial charge in [0.2, 0.25) is 0 Å². The fourth-order valence-electron chi connectivity index (χ4n) is 2.04. The Hall–Kier alpha value is -0.930. The molecule has 0 fully saturated rings. The lowest BCUT2D eigenvalue weighted by Crippen LogP contribution is -2.14. The highest BCUT2D eigenvalue weighted by Crippen LogP contribution is 2.12. The first-order valence-corrected chi connectivity index (χ1v) is 9.08. The van der Waals surface area contributed by atoms with Gasteiger partial charge in [-0.15, -0.1) is 12.4 Å². The molecule has 0 spiro atoms. The van der Waals surface area contributed by atoms with E-state index < -0.39 is 0 Å². The normalized spacial score (nSPS) is 10.6. The van der Waals surface area contributed by atoms with Crippen LogP contribution in [0.1, 0.15) is 5.56 Å². The van der Waals surface area contributed by atoms with Gasteiger partial charge in [-0.05, 0) is 30.7 Å². The monoisotopic (exact) mass is 407 g/mol. The highest BCUT2D eigenvalue weighted by molar-refractivity contribution is 5.85. The molecule has 0 radical (unpaired) electrons. The van der Waals surface area contributed by atoms with Crippen LogP contribution in [0.25, 0.3) is 0 Å². The summed E-state index contributed by atoms with van der Waals surface area (Å²) in [5.41, 5.74) is 6.74. The molecule has 158 valence electrons. The predicted molar refractivity (Wildman–Crippen MR) is 107 cm³/mol. The smallest absolute Gasteiger partial charge is 0.119 e. The number of ether oxygens (including phenoxy) is 6. The summed E-state index contributed by atoms with van der Waals surface area (Å²) in [6.45, 7) is 6.23. The third-order valence-corrected chi connectivity index (χ3v) is 3.40. The van der Waals surface area contributed by atoms with Crippen molar-refractivity contribution in [2.45, 2.75) is 6.42 Å². The van der Waals surface area contributed by atoms with E-state index in [9.17, 15) is 0 Å². The number of benzene rings is 1. The summed E-state index contributed by atoms with van der Waals surface area (Å²) < 4.78 is 32.0. The van der Waals surface area contributed by atoms with Crippen molar-refractivity contribution >= 4 is 12.4 Å². The lowest BCUT2D eigenvalue weighted by atomic mass is 10.1. The van der Waals surface area contributed by atoms with Crippen molar-refractivity contribution in [1.29, 1.82) is 0 Å². The average molecular weight is 408 g/mol. The van der Waals surface area contributed by atoms with Crippen molar-refractivity contribution in [2.24, 2.45) is 5.73 Å². The fourth-order valence-corrected chi connectivity index (χ4v) is 2.04. The molecule has 0 atom stereocenters. The van der Waals surface area contributed by atoms with E-state index in [-0.39, 0.29) is 12.4 Å². The molecule has 27 heavy (non-hydrogen) atoms. The molecule has 0 bridgehead atoms. The largest absolute Gasteiger partial charge is 0.491 e. The summed E-state index contributed by atoms with van der Waals surface area (Å²) in [7, 11) is 1.65. The van der Waals surface area contributed by atoms with Gasteiger partial charge >= 0.3 is 0 Å². The molecule has 0 aliphatic heterocycles. The average Bonchev–Trinajstić information content (AvgIpc) is 2.66. The van der Waals surface area contributed by atoms with Crippen LogP contribution in [0, 0.1) is 0 Å². The first-order chi connectivity index (χ1) is 12.9. The Balaban J connectivity index is 0.00000676. The number of rotatable bonds is 18. The van der Waals surface area contributed by atoms with Gasteiger partial charge in [-0.3, -0.25) is 0 Å². The van der Waals surface area contributed by atoms with Gasteiger partial charge < -0.3 is 34.2 Å². The maximum Gasteiger partial charge on any atom is 0.119 e. The predicted octanol–water partition coefficient (Wildman–Crippen LogP) is 1.70. The second-order valence-corrected chi connectivity index (χ2v) is 5.47. The van der Waals surface area contributed by atoms with E-state index in [1.807, 2.05) is 24.3 Å². The molecule has 0 saturated heterocycles. The first kappa shape index (κ1) is 26.1. The van der Waals surface area contributed by atoms with Gasteiger partial charge in [0.15, 0.2) is 0 Å². The van der Waals surface area contributed by atoms with Crippen LogP contribution >= 0.6 is 12.4 Å². The Kier molecular flexibility index (Phi) is 19.1. The molecule has 8 heteroatoms. The standard InChI is InChI=1S/C19H33NO6.ClH/c1-21-8-9-22-10-11-23-12-13-24-14-15-25-16-17-26-19-4-2-18(3-5-19)6-7-20;/h2-5H,6-17,20H2,1H3;1H. The molecular weight excluding hydrogens is 374 g/mol. The van der Waals surface area contributed by atoms with Gasteiger partial charge in [0.25, 0.3) is 0 Å². The Morgan fingerprint density at radius 2 is 1.11 bits per heavy atom. The lowest BCUT2D eigenvalue weighted by molar-refractivity contribution is -0.00978. The molecule has 1 rings (SSSR count). The molecule has 0 aromatic heterocycles. The topological polar surface area (TPSA) is 81.4 Å². The van der Waals surface area contributed by atoms with E-state index in [0.29, 0.717) is 72.6 Å². The van der Waals surface area contributed by atoms with Crippen LogP contribution in [0.5, 0.6) is 5.75 Å². The van der Waals surface area contributed by atoms with Gasteiger partial charge in [-0.1, -0.05) is 12.1 Å². The number of hydrogen-bond donors (Lipinski definition) is 1. The minimum Gasteiger partial charge on any atom is -0.491 e. The summed E-state index contributed by atoms with van der Waals surface area (Å²) in [4.78, 5) is 0. The molecule has 0 amide bonds. The Morgan fingerprint density at radius 3 is 1.56 bits per heavy atom. The van der Waals surface area contributed by atoms with Gasteiger partial charge in [-0.2, -0.15) is 0 Å². The molecule has 0 heterocycles. The lowest BCUT2D eigenvalue weighted by Gasteiger charge is -2.09. The van der Waals surface area contributed by atoms with Crippen LogP contribution in [-0.2, 0) is 30.1 Å². The molecule has 7 nitrogen and oxygen atoms in total. The van der Waals surface area contributed by atoms with Gasteiger partial charge in [0, 0.05) is 7.11 Å². The van der Waals surface area contributed by atoms with Crippen molar-refractivity contribution in [3.8, 4) is 5.75 Å². The van der Waals surface area contributed by atoms with E-state index in [1.165, 1.54) is 5.56 Å². The van der Waals surface area contributed by atoms with Crippen molar-refractivity contribution in [3.63, 3.8) is 0 Å². The number of methoxy groups -OCH3 is 1. The quantitative estimate of drug-likeness (QED) is 0.371. The summed E-state index contributed by atoms with van der Waals surface area (Å²) in [5.74, 6) is 0.842. The first-order valence-electron chi connectivity index (χ1n) is 9.08.